The fourth-order valence-electron chi connectivity index (χ4n) is 4.05. The summed E-state index contributed by atoms with van der Waals surface area (Å²) >= 11 is 0. The Morgan fingerprint density at radius 1 is 0.583 bits per heavy atom. The van der Waals surface area contributed by atoms with Gasteiger partial charge in [-0.1, -0.05) is 24.3 Å². The topological polar surface area (TPSA) is 6.48 Å². The van der Waals surface area contributed by atoms with Crippen LogP contribution in [0.3, 0.4) is 0 Å². The molecule has 0 spiro atoms. The van der Waals surface area contributed by atoms with Gasteiger partial charge in [0, 0.05) is 38.3 Å². The van der Waals surface area contributed by atoms with E-state index in [4.69, 9.17) is 0 Å². The summed E-state index contributed by atoms with van der Waals surface area (Å²) in [5, 5.41) is 0. The highest BCUT2D eigenvalue weighted by molar-refractivity contribution is 5.23. The summed E-state index contributed by atoms with van der Waals surface area (Å²) in [4.78, 5) is 5.52. The second kappa shape index (κ2) is 6.46. The van der Waals surface area contributed by atoms with Crippen molar-refractivity contribution < 1.29 is 0 Å². The van der Waals surface area contributed by atoms with Crippen LogP contribution in [0.4, 0.5) is 0 Å². The molecule has 0 saturated heterocycles. The fourth-order valence-corrected chi connectivity index (χ4v) is 4.05. The Morgan fingerprint density at radius 3 is 1.25 bits per heavy atom. The first-order chi connectivity index (χ1) is 11.8. The zero-order valence-electron chi connectivity index (χ0n) is 15.0. The van der Waals surface area contributed by atoms with Crippen molar-refractivity contribution in [3.63, 3.8) is 0 Å². The smallest absolute Gasteiger partial charge is 0.0236 e. The molecule has 2 heteroatoms. The zero-order chi connectivity index (χ0) is 15.9. The summed E-state index contributed by atoms with van der Waals surface area (Å²) in [6, 6.07) is 11.4. The molecule has 4 aliphatic carbocycles. The molecule has 2 nitrogen and oxygen atoms in total. The highest BCUT2D eigenvalue weighted by atomic mass is 15.2. The Bertz CT molecular complexity index is 499. The molecule has 0 atom stereocenters. The lowest BCUT2D eigenvalue weighted by Gasteiger charge is -2.23. The molecule has 0 bridgehead atoms. The van der Waals surface area contributed by atoms with Crippen molar-refractivity contribution in [2.24, 2.45) is 11.8 Å². The van der Waals surface area contributed by atoms with Crippen molar-refractivity contribution in [2.75, 3.05) is 13.1 Å². The summed E-state index contributed by atoms with van der Waals surface area (Å²) in [5.74, 6) is 2.03. The van der Waals surface area contributed by atoms with E-state index in [0.29, 0.717) is 0 Å². The van der Waals surface area contributed by atoms with Crippen LogP contribution in [0.2, 0.25) is 0 Å². The molecular formula is C22H32N2. The van der Waals surface area contributed by atoms with E-state index in [-0.39, 0.29) is 0 Å². The number of hydrogen-bond donors (Lipinski definition) is 0. The van der Waals surface area contributed by atoms with Crippen LogP contribution in [-0.2, 0) is 13.1 Å². The average Bonchev–Trinajstić information content (AvgIpc) is 3.46. The van der Waals surface area contributed by atoms with Crippen LogP contribution in [0, 0.1) is 11.8 Å². The first-order valence-corrected chi connectivity index (χ1v) is 10.4. The molecule has 5 rings (SSSR count). The Balaban J connectivity index is 1.18. The molecule has 1 aromatic carbocycles. The first-order valence-electron chi connectivity index (χ1n) is 10.4. The minimum absolute atomic E-state index is 0.897. The van der Waals surface area contributed by atoms with Crippen LogP contribution in [-0.4, -0.2) is 35.0 Å². The molecule has 4 saturated carbocycles. The van der Waals surface area contributed by atoms with E-state index in [9.17, 15) is 0 Å². The van der Waals surface area contributed by atoms with Crippen molar-refractivity contribution in [3.8, 4) is 0 Å². The minimum atomic E-state index is 0.897. The Morgan fingerprint density at radius 2 is 0.958 bits per heavy atom. The summed E-state index contributed by atoms with van der Waals surface area (Å²) < 4.78 is 0. The van der Waals surface area contributed by atoms with E-state index in [2.05, 4.69) is 34.1 Å². The molecule has 0 radical (unpaired) electrons. The molecule has 0 aliphatic heterocycles. The summed E-state index contributed by atoms with van der Waals surface area (Å²) in [6.07, 6.45) is 11.6. The van der Waals surface area contributed by atoms with Gasteiger partial charge in [0.05, 0.1) is 0 Å². The van der Waals surface area contributed by atoms with Crippen LogP contribution >= 0.6 is 0 Å². The average molecular weight is 325 g/mol. The normalized spacial score (nSPS) is 24.1. The molecule has 0 amide bonds. The molecule has 0 aromatic heterocycles. The summed E-state index contributed by atoms with van der Waals surface area (Å²) in [5.41, 5.74) is 3.04. The molecule has 4 aliphatic rings. The van der Waals surface area contributed by atoms with Gasteiger partial charge in [-0.25, -0.2) is 0 Å². The Labute approximate surface area is 147 Å². The van der Waals surface area contributed by atoms with Gasteiger partial charge in [0.2, 0.25) is 0 Å². The van der Waals surface area contributed by atoms with Gasteiger partial charge in [-0.15, -0.1) is 0 Å². The molecule has 24 heavy (non-hydrogen) atoms. The van der Waals surface area contributed by atoms with Gasteiger partial charge in [0.1, 0.15) is 0 Å². The molecular weight excluding hydrogens is 292 g/mol. The van der Waals surface area contributed by atoms with Gasteiger partial charge < -0.3 is 0 Å². The molecule has 4 fully saturated rings. The van der Waals surface area contributed by atoms with Crippen LogP contribution in [0.25, 0.3) is 0 Å². The zero-order valence-corrected chi connectivity index (χ0v) is 15.0. The maximum Gasteiger partial charge on any atom is 0.0236 e. The van der Waals surface area contributed by atoms with Gasteiger partial charge >= 0.3 is 0 Å². The van der Waals surface area contributed by atoms with E-state index in [1.54, 1.807) is 0 Å². The van der Waals surface area contributed by atoms with Crippen molar-refractivity contribution >= 4 is 0 Å². The number of nitrogens with zero attached hydrogens (tertiary/aromatic N) is 2. The highest BCUT2D eigenvalue weighted by Crippen LogP contribution is 2.37. The lowest BCUT2D eigenvalue weighted by molar-refractivity contribution is 0.242. The predicted molar refractivity (Wildman–Crippen MR) is 98.8 cm³/mol. The van der Waals surface area contributed by atoms with Gasteiger partial charge in [-0.3, -0.25) is 9.80 Å². The largest absolute Gasteiger partial charge is 0.296 e. The highest BCUT2D eigenvalue weighted by Gasteiger charge is 2.34. The standard InChI is InChI=1S/C22H32N2/c1-2-18(14-24(22-11-12-22)16-20-7-8-20)4-3-17(1)13-23(21-9-10-21)15-19-5-6-19/h1-4,19-22H,5-16H2. The SMILES string of the molecule is c1cc(CN(CC2CC2)C2CC2)ccc1CN(CC1CC1)C1CC1. The monoisotopic (exact) mass is 324 g/mol. The van der Waals surface area contributed by atoms with Gasteiger partial charge in [-0.2, -0.15) is 0 Å². The molecule has 0 N–H and O–H groups in total. The van der Waals surface area contributed by atoms with Crippen LogP contribution < -0.4 is 0 Å². The van der Waals surface area contributed by atoms with Crippen LogP contribution in [0.15, 0.2) is 24.3 Å². The third-order valence-electron chi connectivity index (χ3n) is 6.30. The molecule has 0 unspecified atom stereocenters. The quantitative estimate of drug-likeness (QED) is 0.628. The summed E-state index contributed by atoms with van der Waals surface area (Å²) in [6.45, 7) is 5.05. The maximum absolute atomic E-state index is 2.76. The number of benzene rings is 1. The van der Waals surface area contributed by atoms with Gasteiger partial charge in [-0.05, 0) is 74.3 Å². The summed E-state index contributed by atoms with van der Waals surface area (Å²) in [7, 11) is 0. The second-order valence-corrected chi connectivity index (χ2v) is 9.02. The van der Waals surface area contributed by atoms with Crippen molar-refractivity contribution in [1.82, 2.24) is 9.80 Å². The number of hydrogen-bond acceptors (Lipinski definition) is 2. The van der Waals surface area contributed by atoms with E-state index in [1.165, 1.54) is 88.7 Å². The van der Waals surface area contributed by atoms with Crippen molar-refractivity contribution in [2.45, 2.75) is 76.5 Å². The lowest BCUT2D eigenvalue weighted by Crippen LogP contribution is -2.28. The second-order valence-electron chi connectivity index (χ2n) is 9.02. The minimum Gasteiger partial charge on any atom is -0.296 e. The maximum atomic E-state index is 2.76. The predicted octanol–water partition coefficient (Wildman–Crippen LogP) is 4.44. The third-order valence-corrected chi connectivity index (χ3v) is 6.30. The fraction of sp³-hybridized carbons (Fsp3) is 0.727. The van der Waals surface area contributed by atoms with Crippen molar-refractivity contribution in [1.29, 1.82) is 0 Å². The van der Waals surface area contributed by atoms with E-state index >= 15 is 0 Å². The third kappa shape index (κ3) is 4.21. The van der Waals surface area contributed by atoms with E-state index in [1.807, 2.05) is 0 Å². The van der Waals surface area contributed by atoms with E-state index < -0.39 is 0 Å². The van der Waals surface area contributed by atoms with Gasteiger partial charge in [0.15, 0.2) is 0 Å². The van der Waals surface area contributed by atoms with Crippen LogP contribution in [0.1, 0.15) is 62.5 Å². The Kier molecular flexibility index (Phi) is 4.14. The Hall–Kier alpha value is -0.860. The lowest BCUT2D eigenvalue weighted by atomic mass is 10.1. The van der Waals surface area contributed by atoms with E-state index in [0.717, 1.165) is 23.9 Å². The van der Waals surface area contributed by atoms with Crippen molar-refractivity contribution in [3.05, 3.63) is 35.4 Å². The number of rotatable bonds is 10. The first kappa shape index (κ1) is 15.4. The van der Waals surface area contributed by atoms with Crippen LogP contribution in [0.5, 0.6) is 0 Å². The molecule has 130 valence electrons. The van der Waals surface area contributed by atoms with Gasteiger partial charge in [0.25, 0.3) is 0 Å². The molecule has 0 heterocycles. The molecule has 1 aromatic rings.